The summed E-state index contributed by atoms with van der Waals surface area (Å²) in [6.45, 7) is 1.80. The number of nitrogens with zero attached hydrogens (tertiary/aromatic N) is 4. The molecule has 0 saturated carbocycles. The van der Waals surface area contributed by atoms with Gasteiger partial charge in [0.15, 0.2) is 0 Å². The first-order valence-corrected chi connectivity index (χ1v) is 6.44. The molecule has 8 nitrogen and oxygen atoms in total. The van der Waals surface area contributed by atoms with Crippen LogP contribution in [0.15, 0.2) is 36.7 Å². The normalized spacial score (nSPS) is 10.2. The first kappa shape index (κ1) is 13.7. The number of H-pyrrole nitrogens is 1. The van der Waals surface area contributed by atoms with Crippen molar-refractivity contribution >= 4 is 12.2 Å². The van der Waals surface area contributed by atoms with E-state index in [1.165, 1.54) is 0 Å². The third-order valence-corrected chi connectivity index (χ3v) is 2.88. The van der Waals surface area contributed by atoms with E-state index in [2.05, 4.69) is 30.7 Å². The molecule has 0 atom stereocenters. The number of rotatable bonds is 5. The molecule has 3 aromatic heterocycles. The molecule has 0 spiro atoms. The minimum absolute atomic E-state index is 0.470. The number of carbonyl (C=O) groups excluding carboxylic acids is 1. The number of anilines is 1. The van der Waals surface area contributed by atoms with Gasteiger partial charge in [-0.25, -0.2) is 4.98 Å². The highest BCUT2D eigenvalue weighted by atomic mass is 16.5. The topological polar surface area (TPSA) is 106 Å². The Hall–Kier alpha value is -3.29. The van der Waals surface area contributed by atoms with Crippen molar-refractivity contribution in [2.45, 2.75) is 6.92 Å². The summed E-state index contributed by atoms with van der Waals surface area (Å²) in [5.41, 5.74) is 1.94. The summed E-state index contributed by atoms with van der Waals surface area (Å²) in [6.07, 6.45) is 3.79. The van der Waals surface area contributed by atoms with Crippen molar-refractivity contribution in [3.63, 3.8) is 0 Å². The molecule has 0 saturated heterocycles. The highest BCUT2D eigenvalue weighted by molar-refractivity contribution is 5.69. The van der Waals surface area contributed by atoms with Gasteiger partial charge in [0.05, 0.1) is 17.6 Å². The monoisotopic (exact) mass is 296 g/mol. The predicted molar refractivity (Wildman–Crippen MR) is 78.3 cm³/mol. The van der Waals surface area contributed by atoms with Gasteiger partial charge >= 0.3 is 0 Å². The molecule has 0 bridgehead atoms. The van der Waals surface area contributed by atoms with E-state index in [-0.39, 0.29) is 0 Å². The second kappa shape index (κ2) is 6.00. The number of nitrogens with one attached hydrogen (secondary N) is 2. The van der Waals surface area contributed by atoms with Crippen molar-refractivity contribution in [3.05, 3.63) is 42.4 Å². The smallest absolute Gasteiger partial charge is 0.212 e. The number of aryl methyl sites for hydroxylation is 1. The number of ether oxygens (including phenoxy) is 1. The maximum Gasteiger partial charge on any atom is 0.212 e. The van der Waals surface area contributed by atoms with E-state index in [1.54, 1.807) is 43.6 Å². The van der Waals surface area contributed by atoms with Gasteiger partial charge in [-0.05, 0) is 25.1 Å². The SMILES string of the molecule is Cc1nc(NC=O)ccc1Oc1ccnc(-c2cn[nH]n2)c1. The average molecular weight is 296 g/mol. The molecule has 3 heterocycles. The van der Waals surface area contributed by atoms with Crippen molar-refractivity contribution in [3.8, 4) is 22.9 Å². The standard InChI is InChI=1S/C14H12N6O2/c1-9-13(2-3-14(18-9)16-8-21)22-10-4-5-15-11(6-10)12-7-17-20-19-12/h2-8H,1H3,(H,16,18,21)(H,17,19,20). The van der Waals surface area contributed by atoms with Crippen LogP contribution in [0, 0.1) is 6.92 Å². The lowest BCUT2D eigenvalue weighted by atomic mass is 10.3. The van der Waals surface area contributed by atoms with E-state index in [4.69, 9.17) is 4.74 Å². The molecule has 3 rings (SSSR count). The van der Waals surface area contributed by atoms with Crippen LogP contribution in [-0.2, 0) is 4.79 Å². The molecule has 1 amide bonds. The zero-order valence-electron chi connectivity index (χ0n) is 11.6. The van der Waals surface area contributed by atoms with Gasteiger partial charge < -0.3 is 10.1 Å². The van der Waals surface area contributed by atoms with E-state index < -0.39 is 0 Å². The minimum atomic E-state index is 0.470. The Morgan fingerprint density at radius 2 is 2.18 bits per heavy atom. The zero-order valence-corrected chi connectivity index (χ0v) is 11.6. The maximum absolute atomic E-state index is 10.4. The number of carbonyl (C=O) groups is 1. The van der Waals surface area contributed by atoms with Crippen LogP contribution < -0.4 is 10.1 Å². The highest BCUT2D eigenvalue weighted by Gasteiger charge is 2.07. The lowest BCUT2D eigenvalue weighted by Crippen LogP contribution is -1.99. The second-order valence-corrected chi connectivity index (χ2v) is 4.38. The largest absolute Gasteiger partial charge is 0.455 e. The van der Waals surface area contributed by atoms with Crippen molar-refractivity contribution in [2.24, 2.45) is 0 Å². The van der Waals surface area contributed by atoms with E-state index in [0.29, 0.717) is 40.8 Å². The summed E-state index contributed by atoms with van der Waals surface area (Å²) in [7, 11) is 0. The summed E-state index contributed by atoms with van der Waals surface area (Å²) in [4.78, 5) is 18.8. The van der Waals surface area contributed by atoms with Gasteiger partial charge in [0.25, 0.3) is 0 Å². The molecule has 2 N–H and O–H groups in total. The van der Waals surface area contributed by atoms with Crippen LogP contribution in [0.5, 0.6) is 11.5 Å². The van der Waals surface area contributed by atoms with Crippen LogP contribution in [0.2, 0.25) is 0 Å². The Bertz CT molecular complexity index is 788. The Labute approximate surface area is 125 Å². The van der Waals surface area contributed by atoms with Crippen LogP contribution in [0.25, 0.3) is 11.4 Å². The Kier molecular flexibility index (Phi) is 3.73. The van der Waals surface area contributed by atoms with Gasteiger partial charge in [0.1, 0.15) is 23.0 Å². The van der Waals surface area contributed by atoms with Gasteiger partial charge in [-0.1, -0.05) is 0 Å². The molecule has 22 heavy (non-hydrogen) atoms. The first-order valence-electron chi connectivity index (χ1n) is 6.44. The van der Waals surface area contributed by atoms with Crippen molar-refractivity contribution in [1.29, 1.82) is 0 Å². The fourth-order valence-electron chi connectivity index (χ4n) is 1.86. The van der Waals surface area contributed by atoms with Crippen LogP contribution in [-0.4, -0.2) is 31.8 Å². The van der Waals surface area contributed by atoms with E-state index in [9.17, 15) is 4.79 Å². The first-order chi connectivity index (χ1) is 10.8. The average Bonchev–Trinajstić information content (AvgIpc) is 3.05. The molecule has 0 aliphatic carbocycles. The molecule has 110 valence electrons. The zero-order chi connectivity index (χ0) is 15.4. The predicted octanol–water partition coefficient (Wildman–Crippen LogP) is 1.93. The number of aromatic amines is 1. The Morgan fingerprint density at radius 1 is 1.27 bits per heavy atom. The van der Waals surface area contributed by atoms with Crippen LogP contribution in [0.3, 0.4) is 0 Å². The van der Waals surface area contributed by atoms with Crippen LogP contribution in [0.1, 0.15) is 5.69 Å². The fourth-order valence-corrected chi connectivity index (χ4v) is 1.86. The summed E-state index contributed by atoms with van der Waals surface area (Å²) in [5, 5.41) is 12.8. The molecule has 0 fully saturated rings. The van der Waals surface area contributed by atoms with Crippen LogP contribution >= 0.6 is 0 Å². The van der Waals surface area contributed by atoms with E-state index in [1.807, 2.05) is 0 Å². The van der Waals surface area contributed by atoms with Gasteiger partial charge in [-0.3, -0.25) is 9.78 Å². The van der Waals surface area contributed by atoms with Crippen molar-refractivity contribution in [2.75, 3.05) is 5.32 Å². The fraction of sp³-hybridized carbons (Fsp3) is 0.0714. The van der Waals surface area contributed by atoms with Crippen molar-refractivity contribution < 1.29 is 9.53 Å². The molecule has 0 unspecified atom stereocenters. The molecule has 0 radical (unpaired) electrons. The number of amides is 1. The molecule has 3 aromatic rings. The van der Waals surface area contributed by atoms with Gasteiger partial charge in [0, 0.05) is 12.3 Å². The van der Waals surface area contributed by atoms with E-state index >= 15 is 0 Å². The summed E-state index contributed by atoms with van der Waals surface area (Å²) >= 11 is 0. The Balaban J connectivity index is 1.84. The number of aromatic nitrogens is 5. The molecular formula is C14H12N6O2. The van der Waals surface area contributed by atoms with Crippen molar-refractivity contribution in [1.82, 2.24) is 25.4 Å². The summed E-state index contributed by atoms with van der Waals surface area (Å²) < 4.78 is 5.80. The highest BCUT2D eigenvalue weighted by Crippen LogP contribution is 2.27. The van der Waals surface area contributed by atoms with Gasteiger partial charge in [0.2, 0.25) is 6.41 Å². The lowest BCUT2D eigenvalue weighted by molar-refractivity contribution is -0.105. The minimum Gasteiger partial charge on any atom is -0.455 e. The molecule has 0 aliphatic heterocycles. The van der Waals surface area contributed by atoms with Gasteiger partial charge in [-0.2, -0.15) is 15.4 Å². The number of pyridine rings is 2. The third-order valence-electron chi connectivity index (χ3n) is 2.88. The van der Waals surface area contributed by atoms with Gasteiger partial charge in [-0.15, -0.1) is 0 Å². The molecule has 0 aromatic carbocycles. The van der Waals surface area contributed by atoms with Crippen LogP contribution in [0.4, 0.5) is 5.82 Å². The lowest BCUT2D eigenvalue weighted by Gasteiger charge is -2.09. The molecule has 8 heteroatoms. The summed E-state index contributed by atoms with van der Waals surface area (Å²) in [6, 6.07) is 6.90. The number of hydrogen-bond acceptors (Lipinski definition) is 6. The molecular weight excluding hydrogens is 284 g/mol. The quantitative estimate of drug-likeness (QED) is 0.697. The second-order valence-electron chi connectivity index (χ2n) is 4.38. The number of hydrogen-bond donors (Lipinski definition) is 2. The summed E-state index contributed by atoms with van der Waals surface area (Å²) in [5.74, 6) is 1.67. The molecule has 0 aliphatic rings. The Morgan fingerprint density at radius 3 is 2.91 bits per heavy atom. The third kappa shape index (κ3) is 2.90. The van der Waals surface area contributed by atoms with E-state index in [0.717, 1.165) is 0 Å². The maximum atomic E-state index is 10.4.